The van der Waals surface area contributed by atoms with E-state index >= 15 is 0 Å². The Labute approximate surface area is 124 Å². The Morgan fingerprint density at radius 3 is 2.57 bits per heavy atom. The van der Waals surface area contributed by atoms with E-state index < -0.39 is 0 Å². The molecule has 0 saturated carbocycles. The number of hydrogen-bond donors (Lipinski definition) is 1. The van der Waals surface area contributed by atoms with Crippen molar-refractivity contribution < 1.29 is 4.79 Å². The number of aromatic nitrogens is 2. The van der Waals surface area contributed by atoms with Crippen LogP contribution >= 0.6 is 0 Å². The van der Waals surface area contributed by atoms with E-state index in [1.54, 1.807) is 13.0 Å². The molecule has 1 N–H and O–H groups in total. The summed E-state index contributed by atoms with van der Waals surface area (Å²) in [7, 11) is 0. The minimum Gasteiger partial charge on any atom is -0.340 e. The van der Waals surface area contributed by atoms with E-state index in [1.807, 2.05) is 35.2 Å². The summed E-state index contributed by atoms with van der Waals surface area (Å²) in [5.74, 6) is 1.24. The molecule has 0 atom stereocenters. The van der Waals surface area contributed by atoms with Gasteiger partial charge in [0.1, 0.15) is 17.3 Å². The van der Waals surface area contributed by atoms with E-state index in [0.29, 0.717) is 17.3 Å². The van der Waals surface area contributed by atoms with Crippen molar-refractivity contribution in [3.8, 4) is 0 Å². The second kappa shape index (κ2) is 5.91. The van der Waals surface area contributed by atoms with Gasteiger partial charge in [-0.15, -0.1) is 0 Å². The Morgan fingerprint density at radius 2 is 1.86 bits per heavy atom. The molecule has 1 aromatic carbocycles. The maximum Gasteiger partial charge on any atom is 0.272 e. The third-order valence-electron chi connectivity index (χ3n) is 3.50. The molecular formula is C16H18N4O. The van der Waals surface area contributed by atoms with Crippen molar-refractivity contribution in [2.24, 2.45) is 0 Å². The number of carbonyl (C=O) groups is 1. The van der Waals surface area contributed by atoms with Crippen LogP contribution in [0.5, 0.6) is 0 Å². The first-order chi connectivity index (χ1) is 10.2. The summed E-state index contributed by atoms with van der Waals surface area (Å²) in [5.41, 5.74) is 1.40. The van der Waals surface area contributed by atoms with Crippen molar-refractivity contribution in [2.75, 3.05) is 18.4 Å². The number of hydrogen-bond acceptors (Lipinski definition) is 4. The Morgan fingerprint density at radius 1 is 1.14 bits per heavy atom. The third kappa shape index (κ3) is 3.18. The molecule has 0 bridgehead atoms. The lowest BCUT2D eigenvalue weighted by Gasteiger charge is -2.15. The Bertz CT molecular complexity index is 636. The first kappa shape index (κ1) is 13.5. The lowest BCUT2D eigenvalue weighted by atomic mass is 10.3. The number of para-hydroxylation sites is 1. The van der Waals surface area contributed by atoms with Crippen LogP contribution in [-0.2, 0) is 0 Å². The zero-order valence-electron chi connectivity index (χ0n) is 12.0. The van der Waals surface area contributed by atoms with E-state index in [4.69, 9.17) is 0 Å². The molecule has 1 amide bonds. The van der Waals surface area contributed by atoms with Crippen molar-refractivity contribution in [1.82, 2.24) is 14.9 Å². The summed E-state index contributed by atoms with van der Waals surface area (Å²) in [6.45, 7) is 3.45. The normalized spacial score (nSPS) is 14.2. The van der Waals surface area contributed by atoms with Gasteiger partial charge in [0.25, 0.3) is 5.91 Å². The Kier molecular flexibility index (Phi) is 3.81. The Hall–Kier alpha value is -2.43. The summed E-state index contributed by atoms with van der Waals surface area (Å²) in [4.78, 5) is 22.9. The topological polar surface area (TPSA) is 58.1 Å². The fourth-order valence-corrected chi connectivity index (χ4v) is 2.49. The molecule has 21 heavy (non-hydrogen) atoms. The number of likely N-dealkylation sites (tertiary alicyclic amines) is 1. The molecule has 0 unspecified atom stereocenters. The van der Waals surface area contributed by atoms with E-state index in [1.165, 1.54) is 0 Å². The standard InChI is InChI=1S/C16H18N4O/c1-12-17-14(16(21)20-9-5-6-10-20)11-15(18-12)19-13-7-3-2-4-8-13/h2-4,7-8,11H,5-6,9-10H2,1H3,(H,17,18,19). The van der Waals surface area contributed by atoms with Gasteiger partial charge in [-0.05, 0) is 31.9 Å². The van der Waals surface area contributed by atoms with Crippen molar-refractivity contribution >= 4 is 17.4 Å². The molecule has 5 heteroatoms. The molecule has 1 aromatic heterocycles. The third-order valence-corrected chi connectivity index (χ3v) is 3.50. The van der Waals surface area contributed by atoms with Crippen molar-refractivity contribution in [2.45, 2.75) is 19.8 Å². The molecule has 1 aliphatic rings. The van der Waals surface area contributed by atoms with Gasteiger partial charge in [0.05, 0.1) is 0 Å². The van der Waals surface area contributed by atoms with Crippen LogP contribution in [-0.4, -0.2) is 33.9 Å². The zero-order valence-corrected chi connectivity index (χ0v) is 12.0. The monoisotopic (exact) mass is 282 g/mol. The molecule has 0 spiro atoms. The predicted molar refractivity (Wildman–Crippen MR) is 81.6 cm³/mol. The van der Waals surface area contributed by atoms with Gasteiger partial charge in [-0.3, -0.25) is 4.79 Å². The number of nitrogens with zero attached hydrogens (tertiary/aromatic N) is 3. The highest BCUT2D eigenvalue weighted by atomic mass is 16.2. The fraction of sp³-hybridized carbons (Fsp3) is 0.312. The number of rotatable bonds is 3. The van der Waals surface area contributed by atoms with Crippen LogP contribution in [0.4, 0.5) is 11.5 Å². The lowest BCUT2D eigenvalue weighted by molar-refractivity contribution is 0.0786. The van der Waals surface area contributed by atoms with Crippen LogP contribution in [0, 0.1) is 6.92 Å². The number of amides is 1. The minimum absolute atomic E-state index is 0.00545. The number of anilines is 2. The number of nitrogens with one attached hydrogen (secondary N) is 1. The maximum atomic E-state index is 12.4. The molecule has 108 valence electrons. The van der Waals surface area contributed by atoms with Gasteiger partial charge in [0.15, 0.2) is 0 Å². The van der Waals surface area contributed by atoms with Gasteiger partial charge in [-0.25, -0.2) is 9.97 Å². The second-order valence-electron chi connectivity index (χ2n) is 5.18. The van der Waals surface area contributed by atoms with Crippen LogP contribution in [0.1, 0.15) is 29.2 Å². The van der Waals surface area contributed by atoms with E-state index in [-0.39, 0.29) is 5.91 Å². The average Bonchev–Trinajstić information content (AvgIpc) is 3.01. The quantitative estimate of drug-likeness (QED) is 0.940. The molecular weight excluding hydrogens is 264 g/mol. The summed E-state index contributed by atoms with van der Waals surface area (Å²) in [5, 5.41) is 3.21. The molecule has 2 heterocycles. The molecule has 2 aromatic rings. The number of benzene rings is 1. The molecule has 1 fully saturated rings. The molecule has 0 radical (unpaired) electrons. The predicted octanol–water partition coefficient (Wildman–Crippen LogP) is 2.76. The maximum absolute atomic E-state index is 12.4. The van der Waals surface area contributed by atoms with E-state index in [0.717, 1.165) is 31.6 Å². The van der Waals surface area contributed by atoms with Gasteiger partial charge in [-0.1, -0.05) is 18.2 Å². The summed E-state index contributed by atoms with van der Waals surface area (Å²) < 4.78 is 0. The summed E-state index contributed by atoms with van der Waals surface area (Å²) >= 11 is 0. The highest BCUT2D eigenvalue weighted by Crippen LogP contribution is 2.17. The fourth-order valence-electron chi connectivity index (χ4n) is 2.49. The van der Waals surface area contributed by atoms with Gasteiger partial charge >= 0.3 is 0 Å². The number of aryl methyl sites for hydroxylation is 1. The van der Waals surface area contributed by atoms with Crippen LogP contribution in [0.15, 0.2) is 36.4 Å². The second-order valence-corrected chi connectivity index (χ2v) is 5.18. The van der Waals surface area contributed by atoms with Gasteiger partial charge in [0.2, 0.25) is 0 Å². The van der Waals surface area contributed by atoms with Crippen molar-refractivity contribution in [1.29, 1.82) is 0 Å². The smallest absolute Gasteiger partial charge is 0.272 e. The minimum atomic E-state index is -0.00545. The highest BCUT2D eigenvalue weighted by Gasteiger charge is 2.21. The van der Waals surface area contributed by atoms with Gasteiger partial charge in [-0.2, -0.15) is 0 Å². The highest BCUT2D eigenvalue weighted by molar-refractivity contribution is 5.93. The van der Waals surface area contributed by atoms with Crippen LogP contribution < -0.4 is 5.32 Å². The summed E-state index contributed by atoms with van der Waals surface area (Å²) in [6.07, 6.45) is 2.15. The van der Waals surface area contributed by atoms with Gasteiger partial charge in [0, 0.05) is 24.8 Å². The molecule has 5 nitrogen and oxygen atoms in total. The first-order valence-corrected chi connectivity index (χ1v) is 7.19. The molecule has 1 aliphatic heterocycles. The zero-order chi connectivity index (χ0) is 14.7. The largest absolute Gasteiger partial charge is 0.340 e. The molecule has 1 saturated heterocycles. The number of carbonyl (C=O) groups excluding carboxylic acids is 1. The SMILES string of the molecule is Cc1nc(Nc2ccccc2)cc(C(=O)N2CCCC2)n1. The lowest BCUT2D eigenvalue weighted by Crippen LogP contribution is -2.28. The van der Waals surface area contributed by atoms with Crippen molar-refractivity contribution in [3.05, 3.63) is 47.9 Å². The van der Waals surface area contributed by atoms with Crippen LogP contribution in [0.25, 0.3) is 0 Å². The van der Waals surface area contributed by atoms with E-state index in [9.17, 15) is 4.79 Å². The average molecular weight is 282 g/mol. The molecule has 0 aliphatic carbocycles. The first-order valence-electron chi connectivity index (χ1n) is 7.19. The van der Waals surface area contributed by atoms with E-state index in [2.05, 4.69) is 15.3 Å². The van der Waals surface area contributed by atoms with Crippen LogP contribution in [0.3, 0.4) is 0 Å². The summed E-state index contributed by atoms with van der Waals surface area (Å²) in [6, 6.07) is 11.5. The van der Waals surface area contributed by atoms with Crippen LogP contribution in [0.2, 0.25) is 0 Å². The van der Waals surface area contributed by atoms with Crippen molar-refractivity contribution in [3.63, 3.8) is 0 Å². The molecule has 3 rings (SSSR count). The Balaban J connectivity index is 1.84. The van der Waals surface area contributed by atoms with Gasteiger partial charge < -0.3 is 10.2 Å².